The lowest BCUT2D eigenvalue weighted by atomic mass is 10.0. The van der Waals surface area contributed by atoms with Crippen LogP contribution < -0.4 is 10.2 Å². The summed E-state index contributed by atoms with van der Waals surface area (Å²) >= 11 is 0. The van der Waals surface area contributed by atoms with Crippen molar-refractivity contribution in [2.45, 2.75) is 19.3 Å². The Bertz CT molecular complexity index is 1860. The van der Waals surface area contributed by atoms with Gasteiger partial charge in [-0.25, -0.2) is 14.4 Å². The number of fused-ring (bicyclic) bond motifs is 2. The second-order valence-electron chi connectivity index (χ2n) is 9.87. The SMILES string of the molecule is O=C(Nc1cncc(-c2ccc3[nH]nc(-c4nc5c(N6CCCCC6)nccc5[nH]4)c3c2F)c1)c1ccccc1. The normalized spacial score (nSPS) is 13.7. The van der Waals surface area contributed by atoms with Crippen molar-refractivity contribution in [2.75, 3.05) is 23.3 Å². The van der Waals surface area contributed by atoms with Gasteiger partial charge in [0.15, 0.2) is 11.6 Å². The summed E-state index contributed by atoms with van der Waals surface area (Å²) in [5.74, 6) is 0.576. The Labute approximate surface area is 228 Å². The molecule has 5 heterocycles. The minimum atomic E-state index is -0.454. The van der Waals surface area contributed by atoms with Crippen molar-refractivity contribution in [2.24, 2.45) is 0 Å². The topological polar surface area (TPSA) is 115 Å². The Kier molecular flexibility index (Phi) is 5.92. The minimum absolute atomic E-state index is 0.268. The molecule has 1 aliphatic rings. The number of hydrogen-bond acceptors (Lipinski definition) is 6. The van der Waals surface area contributed by atoms with Crippen LogP contribution in [-0.4, -0.2) is 49.1 Å². The number of rotatable bonds is 5. The maximum absolute atomic E-state index is 16.2. The number of nitrogens with zero attached hydrogens (tertiary/aromatic N) is 5. The fourth-order valence-electron chi connectivity index (χ4n) is 5.29. The zero-order valence-electron chi connectivity index (χ0n) is 21.5. The summed E-state index contributed by atoms with van der Waals surface area (Å²) in [6, 6.07) is 15.9. The van der Waals surface area contributed by atoms with E-state index in [9.17, 15) is 4.79 Å². The quantitative estimate of drug-likeness (QED) is 0.253. The van der Waals surface area contributed by atoms with Gasteiger partial charge in [-0.05, 0) is 55.7 Å². The number of piperidine rings is 1. The molecule has 198 valence electrons. The van der Waals surface area contributed by atoms with Gasteiger partial charge >= 0.3 is 0 Å². The summed E-state index contributed by atoms with van der Waals surface area (Å²) in [7, 11) is 0. The molecule has 2 aromatic carbocycles. The van der Waals surface area contributed by atoms with Crippen molar-refractivity contribution in [3.8, 4) is 22.6 Å². The molecule has 0 radical (unpaired) electrons. The van der Waals surface area contributed by atoms with Crippen LogP contribution >= 0.6 is 0 Å². The standard InChI is InChI=1S/C30H25FN8O/c31-25-21(19-15-20(17-32-16-19)34-30(40)18-7-3-1-4-8-18)9-10-22-24(25)27(38-37-22)28-35-23-11-12-33-29(26(23)36-28)39-13-5-2-6-14-39/h1,3-4,7-12,15-17H,2,5-6,13-14H2,(H,34,40)(H,35,36)(H,37,38). The van der Waals surface area contributed by atoms with E-state index in [4.69, 9.17) is 4.98 Å². The number of aromatic amines is 2. The van der Waals surface area contributed by atoms with E-state index in [1.807, 2.05) is 12.1 Å². The molecule has 1 fully saturated rings. The first-order valence-corrected chi connectivity index (χ1v) is 13.2. The van der Waals surface area contributed by atoms with Crippen molar-refractivity contribution in [3.63, 3.8) is 0 Å². The van der Waals surface area contributed by atoms with Gasteiger partial charge in [-0.15, -0.1) is 0 Å². The maximum Gasteiger partial charge on any atom is 0.255 e. The summed E-state index contributed by atoms with van der Waals surface area (Å²) in [4.78, 5) is 31.9. The van der Waals surface area contributed by atoms with E-state index in [2.05, 4.69) is 35.4 Å². The number of H-pyrrole nitrogens is 2. The molecular formula is C30H25FN8O. The first kappa shape index (κ1) is 24.0. The van der Waals surface area contributed by atoms with Gasteiger partial charge in [0.05, 0.1) is 28.3 Å². The van der Waals surface area contributed by atoms with Crippen LogP contribution in [-0.2, 0) is 0 Å². The average Bonchev–Trinajstić information content (AvgIpc) is 3.63. The highest BCUT2D eigenvalue weighted by atomic mass is 19.1. The van der Waals surface area contributed by atoms with Crippen LogP contribution in [0.15, 0.2) is 73.2 Å². The molecule has 0 unspecified atom stereocenters. The fourth-order valence-corrected chi connectivity index (χ4v) is 5.29. The van der Waals surface area contributed by atoms with Gasteiger partial charge < -0.3 is 15.2 Å². The molecule has 1 saturated heterocycles. The van der Waals surface area contributed by atoms with Gasteiger partial charge in [0.1, 0.15) is 17.0 Å². The van der Waals surface area contributed by atoms with Crippen LogP contribution in [0.3, 0.4) is 0 Å². The monoisotopic (exact) mass is 532 g/mol. The van der Waals surface area contributed by atoms with Crippen molar-refractivity contribution in [1.29, 1.82) is 0 Å². The fraction of sp³-hybridized carbons (Fsp3) is 0.167. The van der Waals surface area contributed by atoms with Crippen LogP contribution in [0.2, 0.25) is 0 Å². The predicted octanol–water partition coefficient (Wildman–Crippen LogP) is 5.94. The van der Waals surface area contributed by atoms with Crippen LogP contribution in [0.1, 0.15) is 29.6 Å². The number of carbonyl (C=O) groups is 1. The van der Waals surface area contributed by atoms with Gasteiger partial charge in [-0.2, -0.15) is 5.10 Å². The second kappa shape index (κ2) is 9.88. The van der Waals surface area contributed by atoms with Crippen LogP contribution in [0.4, 0.5) is 15.9 Å². The molecular weight excluding hydrogens is 507 g/mol. The number of hydrogen-bond donors (Lipinski definition) is 3. The van der Waals surface area contributed by atoms with E-state index in [1.54, 1.807) is 54.9 Å². The zero-order chi connectivity index (χ0) is 27.1. The van der Waals surface area contributed by atoms with Gasteiger partial charge in [-0.3, -0.25) is 14.9 Å². The van der Waals surface area contributed by atoms with Crippen molar-refractivity contribution < 1.29 is 9.18 Å². The number of carbonyl (C=O) groups excluding carboxylic acids is 1. The number of aromatic nitrogens is 6. The molecule has 0 aliphatic carbocycles. The smallest absolute Gasteiger partial charge is 0.255 e. The minimum Gasteiger partial charge on any atom is -0.355 e. The summed E-state index contributed by atoms with van der Waals surface area (Å²) < 4.78 is 16.2. The van der Waals surface area contributed by atoms with Crippen LogP contribution in [0, 0.1) is 5.82 Å². The third-order valence-electron chi connectivity index (χ3n) is 7.27. The molecule has 3 N–H and O–H groups in total. The highest BCUT2D eigenvalue weighted by Gasteiger charge is 2.22. The van der Waals surface area contributed by atoms with Gasteiger partial charge in [0.25, 0.3) is 5.91 Å². The summed E-state index contributed by atoms with van der Waals surface area (Å²) in [5, 5.41) is 10.5. The van der Waals surface area contributed by atoms with Crippen LogP contribution in [0.5, 0.6) is 0 Å². The van der Waals surface area contributed by atoms with Gasteiger partial charge in [-0.1, -0.05) is 18.2 Å². The number of nitrogens with one attached hydrogen (secondary N) is 3. The molecule has 40 heavy (non-hydrogen) atoms. The molecule has 6 aromatic rings. The summed E-state index contributed by atoms with van der Waals surface area (Å²) in [6.45, 7) is 1.88. The van der Waals surface area contributed by atoms with E-state index in [1.165, 1.54) is 12.6 Å². The summed E-state index contributed by atoms with van der Waals surface area (Å²) in [5.41, 5.74) is 4.36. The second-order valence-corrected chi connectivity index (χ2v) is 9.87. The highest BCUT2D eigenvalue weighted by molar-refractivity contribution is 6.04. The maximum atomic E-state index is 16.2. The lowest BCUT2D eigenvalue weighted by Crippen LogP contribution is -2.30. The third kappa shape index (κ3) is 4.23. The summed E-state index contributed by atoms with van der Waals surface area (Å²) in [6.07, 6.45) is 8.34. The molecule has 4 aromatic heterocycles. The molecule has 10 heteroatoms. The molecule has 0 bridgehead atoms. The number of anilines is 2. The third-order valence-corrected chi connectivity index (χ3v) is 7.27. The number of imidazole rings is 1. The molecule has 0 spiro atoms. The Balaban J connectivity index is 1.26. The first-order valence-electron chi connectivity index (χ1n) is 13.2. The molecule has 0 saturated carbocycles. The zero-order valence-corrected chi connectivity index (χ0v) is 21.5. The first-order chi connectivity index (χ1) is 19.7. The molecule has 1 aliphatic heterocycles. The predicted molar refractivity (Wildman–Crippen MR) is 153 cm³/mol. The number of halogens is 1. The van der Waals surface area contributed by atoms with E-state index < -0.39 is 5.82 Å². The Morgan fingerprint density at radius 1 is 0.975 bits per heavy atom. The molecule has 0 atom stereocenters. The van der Waals surface area contributed by atoms with Crippen molar-refractivity contribution in [1.82, 2.24) is 30.1 Å². The Morgan fingerprint density at radius 2 is 1.82 bits per heavy atom. The molecule has 1 amide bonds. The van der Waals surface area contributed by atoms with E-state index in [-0.39, 0.29) is 5.91 Å². The lowest BCUT2D eigenvalue weighted by molar-refractivity contribution is 0.102. The highest BCUT2D eigenvalue weighted by Crippen LogP contribution is 2.35. The van der Waals surface area contributed by atoms with E-state index in [0.717, 1.165) is 42.8 Å². The Morgan fingerprint density at radius 3 is 2.67 bits per heavy atom. The largest absolute Gasteiger partial charge is 0.355 e. The number of pyridine rings is 2. The number of benzene rings is 2. The van der Waals surface area contributed by atoms with Gasteiger partial charge in [0.2, 0.25) is 0 Å². The number of amides is 1. The Hall–Kier alpha value is -5.12. The average molecular weight is 533 g/mol. The van der Waals surface area contributed by atoms with Crippen LogP contribution in [0.25, 0.3) is 44.6 Å². The van der Waals surface area contributed by atoms with Crippen molar-refractivity contribution in [3.05, 3.63) is 84.6 Å². The van der Waals surface area contributed by atoms with Crippen molar-refractivity contribution >= 4 is 39.3 Å². The van der Waals surface area contributed by atoms with Gasteiger partial charge in [0, 0.05) is 42.2 Å². The lowest BCUT2D eigenvalue weighted by Gasteiger charge is -2.27. The molecule has 7 rings (SSSR count). The van der Waals surface area contributed by atoms with E-state index >= 15 is 4.39 Å². The molecule has 9 nitrogen and oxygen atoms in total. The van der Waals surface area contributed by atoms with E-state index in [0.29, 0.717) is 44.8 Å².